The number of H-pyrrole nitrogens is 1. The van der Waals surface area contributed by atoms with Crippen molar-refractivity contribution in [1.29, 1.82) is 0 Å². The van der Waals surface area contributed by atoms with Crippen LogP contribution < -0.4 is 10.2 Å². The molecule has 0 saturated carbocycles. The Hall–Kier alpha value is -1.39. The van der Waals surface area contributed by atoms with Crippen LogP contribution in [0.5, 0.6) is 0 Å². The molecule has 1 aromatic carbocycles. The fraction of sp³-hybridized carbons (Fsp3) is 0.308. The number of rotatable bonds is 4. The second-order valence-electron chi connectivity index (χ2n) is 4.27. The van der Waals surface area contributed by atoms with Gasteiger partial charge in [0.1, 0.15) is 0 Å². The maximum Gasteiger partial charge on any atom is 0.304 e. The lowest BCUT2D eigenvalue weighted by atomic mass is 10.1. The maximum atomic E-state index is 10.9. The molecule has 0 spiro atoms. The molecule has 2 N–H and O–H groups in total. The minimum Gasteiger partial charge on any atom is -0.315 e. The number of hydrogen-bond donors (Lipinski definition) is 2. The SMILES string of the molecule is Cc1cc(C)cc(CNCc2csc(=O)[nH]2)c1. The molecule has 1 heterocycles. The number of aromatic amines is 1. The van der Waals surface area contributed by atoms with Crippen molar-refractivity contribution in [3.8, 4) is 0 Å². The molecule has 4 heteroatoms. The summed E-state index contributed by atoms with van der Waals surface area (Å²) in [5, 5.41) is 5.18. The molecular weight excluding hydrogens is 232 g/mol. The van der Waals surface area contributed by atoms with E-state index in [1.165, 1.54) is 28.0 Å². The number of thiazole rings is 1. The highest BCUT2D eigenvalue weighted by molar-refractivity contribution is 7.07. The van der Waals surface area contributed by atoms with Gasteiger partial charge in [0, 0.05) is 24.2 Å². The normalized spacial score (nSPS) is 10.7. The van der Waals surface area contributed by atoms with Crippen molar-refractivity contribution in [3.63, 3.8) is 0 Å². The van der Waals surface area contributed by atoms with Gasteiger partial charge in [0.2, 0.25) is 0 Å². The van der Waals surface area contributed by atoms with E-state index in [4.69, 9.17) is 0 Å². The second-order valence-corrected chi connectivity index (χ2v) is 5.12. The Morgan fingerprint density at radius 2 is 1.88 bits per heavy atom. The summed E-state index contributed by atoms with van der Waals surface area (Å²) >= 11 is 1.20. The summed E-state index contributed by atoms with van der Waals surface area (Å²) in [7, 11) is 0. The van der Waals surface area contributed by atoms with E-state index in [-0.39, 0.29) is 4.87 Å². The first-order chi connectivity index (χ1) is 8.13. The van der Waals surface area contributed by atoms with Gasteiger partial charge >= 0.3 is 4.87 Å². The van der Waals surface area contributed by atoms with E-state index in [0.29, 0.717) is 6.54 Å². The molecule has 3 nitrogen and oxygen atoms in total. The lowest BCUT2D eigenvalue weighted by Gasteiger charge is -2.06. The third kappa shape index (κ3) is 3.54. The molecule has 0 bridgehead atoms. The monoisotopic (exact) mass is 248 g/mol. The van der Waals surface area contributed by atoms with Crippen molar-refractivity contribution in [1.82, 2.24) is 10.3 Å². The molecule has 0 unspecified atom stereocenters. The molecule has 0 aliphatic rings. The van der Waals surface area contributed by atoms with E-state index >= 15 is 0 Å². The van der Waals surface area contributed by atoms with Crippen molar-refractivity contribution >= 4 is 11.3 Å². The van der Waals surface area contributed by atoms with Gasteiger partial charge in [-0.1, -0.05) is 40.7 Å². The summed E-state index contributed by atoms with van der Waals surface area (Å²) in [6.07, 6.45) is 0. The van der Waals surface area contributed by atoms with Crippen LogP contribution in [0.2, 0.25) is 0 Å². The number of hydrogen-bond acceptors (Lipinski definition) is 3. The zero-order valence-corrected chi connectivity index (χ0v) is 10.9. The summed E-state index contributed by atoms with van der Waals surface area (Å²) in [5.41, 5.74) is 4.79. The van der Waals surface area contributed by atoms with Gasteiger partial charge in [-0.25, -0.2) is 0 Å². The van der Waals surface area contributed by atoms with Crippen LogP contribution in [-0.2, 0) is 13.1 Å². The van der Waals surface area contributed by atoms with E-state index in [9.17, 15) is 4.79 Å². The minimum atomic E-state index is 0.00759. The Labute approximate surface area is 105 Å². The summed E-state index contributed by atoms with van der Waals surface area (Å²) in [5.74, 6) is 0. The number of benzene rings is 1. The third-order valence-corrected chi connectivity index (χ3v) is 3.22. The first-order valence-corrected chi connectivity index (χ1v) is 6.46. The van der Waals surface area contributed by atoms with Crippen LogP contribution in [-0.4, -0.2) is 4.98 Å². The first-order valence-electron chi connectivity index (χ1n) is 5.58. The lowest BCUT2D eigenvalue weighted by Crippen LogP contribution is -2.14. The van der Waals surface area contributed by atoms with Crippen molar-refractivity contribution in [2.45, 2.75) is 26.9 Å². The van der Waals surface area contributed by atoms with E-state index in [1.54, 1.807) is 0 Å². The van der Waals surface area contributed by atoms with Gasteiger partial charge in [0.25, 0.3) is 0 Å². The van der Waals surface area contributed by atoms with Crippen molar-refractivity contribution < 1.29 is 0 Å². The van der Waals surface area contributed by atoms with Crippen molar-refractivity contribution in [2.75, 3.05) is 0 Å². The predicted molar refractivity (Wildman–Crippen MR) is 71.4 cm³/mol. The number of aryl methyl sites for hydroxylation is 2. The Morgan fingerprint density at radius 1 is 1.18 bits per heavy atom. The van der Waals surface area contributed by atoms with E-state index in [0.717, 1.165) is 12.2 Å². The van der Waals surface area contributed by atoms with Crippen LogP contribution in [0.4, 0.5) is 0 Å². The van der Waals surface area contributed by atoms with Gasteiger partial charge in [-0.3, -0.25) is 4.79 Å². The summed E-state index contributed by atoms with van der Waals surface area (Å²) < 4.78 is 0. The Morgan fingerprint density at radius 3 is 2.47 bits per heavy atom. The fourth-order valence-corrected chi connectivity index (χ4v) is 2.49. The van der Waals surface area contributed by atoms with Gasteiger partial charge in [-0.2, -0.15) is 0 Å². The summed E-state index contributed by atoms with van der Waals surface area (Å²) in [4.78, 5) is 13.7. The molecule has 2 rings (SSSR count). The Bertz CT molecular complexity index is 536. The molecule has 17 heavy (non-hydrogen) atoms. The zero-order chi connectivity index (χ0) is 12.3. The van der Waals surface area contributed by atoms with Crippen LogP contribution in [0.1, 0.15) is 22.4 Å². The lowest BCUT2D eigenvalue weighted by molar-refractivity contribution is 0.681. The van der Waals surface area contributed by atoms with Crippen LogP contribution in [0.25, 0.3) is 0 Å². The summed E-state index contributed by atoms with van der Waals surface area (Å²) in [6, 6.07) is 6.52. The largest absolute Gasteiger partial charge is 0.315 e. The van der Waals surface area contributed by atoms with E-state index < -0.39 is 0 Å². The predicted octanol–water partition coefficient (Wildman–Crippen LogP) is 2.34. The minimum absolute atomic E-state index is 0.00759. The third-order valence-electron chi connectivity index (χ3n) is 2.50. The standard InChI is InChI=1S/C13H16N2OS/c1-9-3-10(2)5-11(4-9)6-14-7-12-8-17-13(16)15-12/h3-5,8,14H,6-7H2,1-2H3,(H,15,16). The molecule has 0 radical (unpaired) electrons. The molecule has 0 saturated heterocycles. The van der Waals surface area contributed by atoms with Crippen molar-refractivity contribution in [3.05, 3.63) is 55.6 Å². The highest BCUT2D eigenvalue weighted by Gasteiger charge is 1.98. The van der Waals surface area contributed by atoms with Gasteiger partial charge < -0.3 is 10.3 Å². The molecule has 1 aromatic heterocycles. The fourth-order valence-electron chi connectivity index (χ4n) is 1.91. The van der Waals surface area contributed by atoms with Crippen LogP contribution in [0.3, 0.4) is 0 Å². The number of nitrogens with one attached hydrogen (secondary N) is 2. The molecular formula is C13H16N2OS. The average molecular weight is 248 g/mol. The van der Waals surface area contributed by atoms with Gasteiger partial charge in [-0.05, 0) is 19.4 Å². The topological polar surface area (TPSA) is 44.9 Å². The molecule has 0 amide bonds. The molecule has 0 aliphatic heterocycles. The smallest absolute Gasteiger partial charge is 0.304 e. The second kappa shape index (κ2) is 5.29. The van der Waals surface area contributed by atoms with E-state index in [2.05, 4.69) is 42.3 Å². The highest BCUT2D eigenvalue weighted by Crippen LogP contribution is 2.08. The molecule has 90 valence electrons. The summed E-state index contributed by atoms with van der Waals surface area (Å²) in [6.45, 7) is 5.73. The average Bonchev–Trinajstić information content (AvgIpc) is 2.63. The van der Waals surface area contributed by atoms with Crippen LogP contribution >= 0.6 is 11.3 Å². The van der Waals surface area contributed by atoms with Crippen molar-refractivity contribution in [2.24, 2.45) is 0 Å². The quantitative estimate of drug-likeness (QED) is 0.872. The van der Waals surface area contributed by atoms with Gasteiger partial charge in [0.15, 0.2) is 0 Å². The molecule has 2 aromatic rings. The molecule has 0 fully saturated rings. The van der Waals surface area contributed by atoms with E-state index in [1.807, 2.05) is 5.38 Å². The Balaban J connectivity index is 1.91. The molecule has 0 atom stereocenters. The van der Waals surface area contributed by atoms with Gasteiger partial charge in [-0.15, -0.1) is 0 Å². The van der Waals surface area contributed by atoms with Crippen LogP contribution in [0.15, 0.2) is 28.4 Å². The highest BCUT2D eigenvalue weighted by atomic mass is 32.1. The number of aromatic nitrogens is 1. The Kier molecular flexibility index (Phi) is 3.76. The zero-order valence-electron chi connectivity index (χ0n) is 10.0. The molecule has 0 aliphatic carbocycles. The van der Waals surface area contributed by atoms with Gasteiger partial charge in [0.05, 0.1) is 0 Å². The first kappa shape index (κ1) is 12.1. The maximum absolute atomic E-state index is 10.9. The van der Waals surface area contributed by atoms with Crippen LogP contribution in [0, 0.1) is 13.8 Å².